The third kappa shape index (κ3) is 3.31. The first kappa shape index (κ1) is 10.3. The normalized spacial score (nSPS) is 9.00. The van der Waals surface area contributed by atoms with Crippen LogP contribution in [0, 0.1) is 18.8 Å². The van der Waals surface area contributed by atoms with Crippen LogP contribution >= 0.6 is 0 Å². The molecule has 0 unspecified atom stereocenters. The molecule has 0 atom stereocenters. The molecule has 1 aromatic rings. The fourth-order valence-corrected chi connectivity index (χ4v) is 1.06. The molecule has 0 fully saturated rings. The van der Waals surface area contributed by atoms with Gasteiger partial charge in [-0.05, 0) is 13.8 Å². The van der Waals surface area contributed by atoms with E-state index in [1.165, 1.54) is 0 Å². The molecule has 0 spiro atoms. The van der Waals surface area contributed by atoms with E-state index >= 15 is 0 Å². The van der Waals surface area contributed by atoms with Crippen LogP contribution in [0.4, 0.5) is 11.8 Å². The van der Waals surface area contributed by atoms with Gasteiger partial charge in [0.25, 0.3) is 0 Å². The first-order chi connectivity index (χ1) is 6.72. The molecule has 1 aromatic heterocycles. The third-order valence-corrected chi connectivity index (χ3v) is 1.60. The highest BCUT2D eigenvalue weighted by molar-refractivity contribution is 5.40. The van der Waals surface area contributed by atoms with Gasteiger partial charge in [0.15, 0.2) is 0 Å². The first-order valence-electron chi connectivity index (χ1n) is 4.47. The van der Waals surface area contributed by atoms with Gasteiger partial charge < -0.3 is 11.1 Å². The van der Waals surface area contributed by atoms with Gasteiger partial charge in [0, 0.05) is 24.7 Å². The molecule has 0 aliphatic rings. The average molecular weight is 190 g/mol. The molecule has 0 amide bonds. The Bertz CT molecular complexity index is 342. The number of rotatable bonds is 3. The number of nitrogens with one attached hydrogen (secondary N) is 1. The van der Waals surface area contributed by atoms with Crippen molar-refractivity contribution < 1.29 is 0 Å². The molecule has 4 heteroatoms. The lowest BCUT2D eigenvalue weighted by Gasteiger charge is -2.04. The van der Waals surface area contributed by atoms with Crippen LogP contribution in [0.25, 0.3) is 0 Å². The fraction of sp³-hybridized carbons (Fsp3) is 0.400. The smallest absolute Gasteiger partial charge is 0.222 e. The topological polar surface area (TPSA) is 63.8 Å². The van der Waals surface area contributed by atoms with Gasteiger partial charge in [-0.25, -0.2) is 4.98 Å². The van der Waals surface area contributed by atoms with E-state index in [0.717, 1.165) is 24.5 Å². The minimum absolute atomic E-state index is 0.300. The highest BCUT2D eigenvalue weighted by Crippen LogP contribution is 2.06. The number of nitrogens with two attached hydrogens (primary N) is 1. The number of nitrogen functional groups attached to an aromatic ring is 1. The van der Waals surface area contributed by atoms with Crippen molar-refractivity contribution in [2.75, 3.05) is 17.6 Å². The summed E-state index contributed by atoms with van der Waals surface area (Å²) in [6.45, 7) is 4.48. The Morgan fingerprint density at radius 3 is 2.93 bits per heavy atom. The second-order valence-corrected chi connectivity index (χ2v) is 2.86. The van der Waals surface area contributed by atoms with Crippen LogP contribution in [-0.2, 0) is 0 Å². The van der Waals surface area contributed by atoms with E-state index in [9.17, 15) is 0 Å². The van der Waals surface area contributed by atoms with Gasteiger partial charge in [-0.15, -0.1) is 11.8 Å². The second-order valence-electron chi connectivity index (χ2n) is 2.86. The molecule has 1 rings (SSSR count). The van der Waals surface area contributed by atoms with Gasteiger partial charge in [0.2, 0.25) is 5.95 Å². The highest BCUT2D eigenvalue weighted by Gasteiger charge is 1.96. The van der Waals surface area contributed by atoms with Crippen LogP contribution in [0.1, 0.15) is 19.0 Å². The van der Waals surface area contributed by atoms with Crippen LogP contribution < -0.4 is 11.1 Å². The van der Waals surface area contributed by atoms with E-state index in [4.69, 9.17) is 5.73 Å². The summed E-state index contributed by atoms with van der Waals surface area (Å²) in [5.41, 5.74) is 6.36. The van der Waals surface area contributed by atoms with Crippen molar-refractivity contribution in [3.05, 3.63) is 11.8 Å². The van der Waals surface area contributed by atoms with Crippen molar-refractivity contribution in [2.24, 2.45) is 0 Å². The predicted octanol–water partition coefficient (Wildman–Crippen LogP) is 1.19. The predicted molar refractivity (Wildman–Crippen MR) is 57.7 cm³/mol. The summed E-state index contributed by atoms with van der Waals surface area (Å²) in [5.74, 6) is 6.85. The lowest BCUT2D eigenvalue weighted by atomic mass is 10.4. The number of aromatic nitrogens is 2. The number of hydrogen-bond acceptors (Lipinski definition) is 4. The molecule has 1 heterocycles. The van der Waals surface area contributed by atoms with Gasteiger partial charge in [-0.2, -0.15) is 4.98 Å². The zero-order valence-corrected chi connectivity index (χ0v) is 8.46. The summed E-state index contributed by atoms with van der Waals surface area (Å²) in [5, 5.41) is 3.13. The quantitative estimate of drug-likeness (QED) is 0.555. The Morgan fingerprint density at radius 1 is 1.50 bits per heavy atom. The van der Waals surface area contributed by atoms with Crippen LogP contribution in [0.15, 0.2) is 6.07 Å². The summed E-state index contributed by atoms with van der Waals surface area (Å²) in [6, 6.07) is 1.86. The van der Waals surface area contributed by atoms with E-state index < -0.39 is 0 Å². The molecule has 0 aliphatic carbocycles. The Morgan fingerprint density at radius 2 is 2.29 bits per heavy atom. The molecule has 0 saturated heterocycles. The maximum Gasteiger partial charge on any atom is 0.222 e. The van der Waals surface area contributed by atoms with Gasteiger partial charge in [-0.3, -0.25) is 0 Å². The van der Waals surface area contributed by atoms with E-state index in [-0.39, 0.29) is 0 Å². The zero-order chi connectivity index (χ0) is 10.4. The van der Waals surface area contributed by atoms with Gasteiger partial charge >= 0.3 is 0 Å². The van der Waals surface area contributed by atoms with Crippen molar-refractivity contribution >= 4 is 11.8 Å². The first-order valence-corrected chi connectivity index (χ1v) is 4.47. The maximum atomic E-state index is 5.50. The molecule has 0 saturated carbocycles. The maximum absolute atomic E-state index is 5.50. The summed E-state index contributed by atoms with van der Waals surface area (Å²) in [6.07, 6.45) is 0.805. The summed E-state index contributed by atoms with van der Waals surface area (Å²) >= 11 is 0. The van der Waals surface area contributed by atoms with E-state index in [0.29, 0.717) is 5.95 Å². The van der Waals surface area contributed by atoms with Gasteiger partial charge in [0.05, 0.1) is 0 Å². The number of aryl methyl sites for hydroxylation is 1. The van der Waals surface area contributed by atoms with Crippen molar-refractivity contribution in [3.63, 3.8) is 0 Å². The van der Waals surface area contributed by atoms with Gasteiger partial charge in [0.1, 0.15) is 5.82 Å². The summed E-state index contributed by atoms with van der Waals surface area (Å²) in [7, 11) is 0. The molecule has 0 radical (unpaired) electrons. The van der Waals surface area contributed by atoms with E-state index in [1.54, 1.807) is 0 Å². The minimum atomic E-state index is 0.300. The van der Waals surface area contributed by atoms with Crippen molar-refractivity contribution in [1.29, 1.82) is 0 Å². The third-order valence-electron chi connectivity index (χ3n) is 1.60. The molecule has 74 valence electrons. The molecule has 14 heavy (non-hydrogen) atoms. The molecule has 3 N–H and O–H groups in total. The van der Waals surface area contributed by atoms with Crippen molar-refractivity contribution in [2.45, 2.75) is 20.3 Å². The number of nitrogens with zero attached hydrogens (tertiary/aromatic N) is 2. The SMILES string of the molecule is CC#CCCNc1cc(C)nc(N)n1. The number of anilines is 2. The van der Waals surface area contributed by atoms with Crippen molar-refractivity contribution in [1.82, 2.24) is 9.97 Å². The average Bonchev–Trinajstić information content (AvgIpc) is 2.11. The molecular weight excluding hydrogens is 176 g/mol. The highest BCUT2D eigenvalue weighted by atomic mass is 15.1. The monoisotopic (exact) mass is 190 g/mol. The van der Waals surface area contributed by atoms with E-state index in [2.05, 4.69) is 27.1 Å². The molecule has 0 aliphatic heterocycles. The second kappa shape index (κ2) is 5.07. The lowest BCUT2D eigenvalue weighted by Crippen LogP contribution is -2.05. The van der Waals surface area contributed by atoms with Crippen LogP contribution in [0.2, 0.25) is 0 Å². The van der Waals surface area contributed by atoms with E-state index in [1.807, 2.05) is 19.9 Å². The molecule has 4 nitrogen and oxygen atoms in total. The summed E-state index contributed by atoms with van der Waals surface area (Å²) < 4.78 is 0. The summed E-state index contributed by atoms with van der Waals surface area (Å²) in [4.78, 5) is 8.02. The van der Waals surface area contributed by atoms with Crippen molar-refractivity contribution in [3.8, 4) is 11.8 Å². The Hall–Kier alpha value is -1.76. The molecular formula is C10H14N4. The minimum Gasteiger partial charge on any atom is -0.369 e. The lowest BCUT2D eigenvalue weighted by molar-refractivity contribution is 1.05. The largest absolute Gasteiger partial charge is 0.369 e. The standard InChI is InChI=1S/C10H14N4/c1-3-4-5-6-12-9-7-8(2)13-10(11)14-9/h7H,5-6H2,1-2H3,(H3,11,12,13,14). The Labute approximate surface area is 83.9 Å². The zero-order valence-electron chi connectivity index (χ0n) is 8.46. The Balaban J connectivity index is 2.53. The molecule has 0 bridgehead atoms. The number of hydrogen-bond donors (Lipinski definition) is 2. The van der Waals surface area contributed by atoms with Crippen LogP contribution in [0.3, 0.4) is 0 Å². The van der Waals surface area contributed by atoms with Crippen LogP contribution in [-0.4, -0.2) is 16.5 Å². The van der Waals surface area contributed by atoms with Gasteiger partial charge in [-0.1, -0.05) is 0 Å². The molecule has 0 aromatic carbocycles. The Kier molecular flexibility index (Phi) is 3.74. The van der Waals surface area contributed by atoms with Crippen LogP contribution in [0.5, 0.6) is 0 Å². The fourth-order valence-electron chi connectivity index (χ4n) is 1.06.